The summed E-state index contributed by atoms with van der Waals surface area (Å²) in [6.45, 7) is 5.95. The molecule has 0 bridgehead atoms. The first-order chi connectivity index (χ1) is 15.3. The van der Waals surface area contributed by atoms with Crippen LogP contribution in [0.15, 0.2) is 53.4 Å². The van der Waals surface area contributed by atoms with Crippen LogP contribution in [0.25, 0.3) is 0 Å². The Balaban J connectivity index is 0.00000141. The van der Waals surface area contributed by atoms with Crippen LogP contribution in [0.3, 0.4) is 0 Å². The smallest absolute Gasteiger partial charge is 0.361 e. The maximum Gasteiger partial charge on any atom is 0.433 e. The molecule has 1 unspecified atom stereocenters. The second-order valence-corrected chi connectivity index (χ2v) is 7.49. The lowest BCUT2D eigenvalue weighted by molar-refractivity contribution is -0.141. The number of hydrogen-bond donors (Lipinski definition) is 4. The summed E-state index contributed by atoms with van der Waals surface area (Å²) in [7, 11) is 0. The zero-order valence-electron chi connectivity index (χ0n) is 18.1. The molecule has 1 aliphatic heterocycles. The summed E-state index contributed by atoms with van der Waals surface area (Å²) >= 11 is 1.61. The number of nitrogens with one attached hydrogen (secondary N) is 4. The molecule has 4 N–H and O–H groups in total. The van der Waals surface area contributed by atoms with Gasteiger partial charge in [-0.05, 0) is 37.4 Å². The molecule has 2 aromatic heterocycles. The largest absolute Gasteiger partial charge is 0.433 e. The maximum absolute atomic E-state index is 13.0. The van der Waals surface area contributed by atoms with Crippen LogP contribution in [0.4, 0.5) is 47.7 Å². The van der Waals surface area contributed by atoms with Gasteiger partial charge in [-0.1, -0.05) is 32.0 Å². The van der Waals surface area contributed by atoms with Crippen LogP contribution < -0.4 is 21.3 Å². The summed E-state index contributed by atoms with van der Waals surface area (Å²) in [4.78, 5) is 9.20. The molecule has 0 fully saturated rings. The first-order valence-electron chi connectivity index (χ1n) is 10.1. The molecular formula is C22H25F3N6S. The van der Waals surface area contributed by atoms with E-state index in [2.05, 4.69) is 31.2 Å². The quantitative estimate of drug-likeness (QED) is 0.307. The molecule has 1 atom stereocenters. The second-order valence-electron chi connectivity index (χ2n) is 6.65. The first-order valence-corrected chi connectivity index (χ1v) is 11.4. The Morgan fingerprint density at radius 3 is 2.38 bits per heavy atom. The van der Waals surface area contributed by atoms with Crippen molar-refractivity contribution in [3.8, 4) is 0 Å². The van der Waals surface area contributed by atoms with Gasteiger partial charge in [0.1, 0.15) is 23.0 Å². The molecule has 1 aliphatic rings. The van der Waals surface area contributed by atoms with Gasteiger partial charge in [-0.15, -0.1) is 11.8 Å². The van der Waals surface area contributed by atoms with Crippen LogP contribution >= 0.6 is 11.8 Å². The Labute approximate surface area is 189 Å². The number of para-hydroxylation sites is 1. The van der Waals surface area contributed by atoms with E-state index in [9.17, 15) is 13.2 Å². The molecular weight excluding hydrogens is 437 g/mol. The minimum atomic E-state index is -4.52. The Kier molecular flexibility index (Phi) is 7.34. The lowest BCUT2D eigenvalue weighted by atomic mass is 10.2. The Hall–Kier alpha value is -3.14. The third-order valence-electron chi connectivity index (χ3n) is 4.41. The highest BCUT2D eigenvalue weighted by molar-refractivity contribution is 7.98. The summed E-state index contributed by atoms with van der Waals surface area (Å²) in [6, 6.07) is 13.3. The summed E-state index contributed by atoms with van der Waals surface area (Å²) in [5.74, 6) is 1.03. The molecule has 6 nitrogen and oxygen atoms in total. The highest BCUT2D eigenvalue weighted by atomic mass is 32.2. The van der Waals surface area contributed by atoms with Gasteiger partial charge >= 0.3 is 6.18 Å². The van der Waals surface area contributed by atoms with Gasteiger partial charge in [0.25, 0.3) is 0 Å². The summed E-state index contributed by atoms with van der Waals surface area (Å²) in [6.07, 6.45) is -2.56. The molecule has 32 heavy (non-hydrogen) atoms. The molecule has 0 saturated heterocycles. The van der Waals surface area contributed by atoms with Gasteiger partial charge in [0.15, 0.2) is 5.82 Å². The van der Waals surface area contributed by atoms with E-state index in [1.54, 1.807) is 17.8 Å². The number of benzene rings is 1. The topological polar surface area (TPSA) is 73.9 Å². The molecule has 0 radical (unpaired) electrons. The highest BCUT2D eigenvalue weighted by Gasteiger charge is 2.32. The predicted molar refractivity (Wildman–Crippen MR) is 126 cm³/mol. The average Bonchev–Trinajstić information content (AvgIpc) is 3.15. The van der Waals surface area contributed by atoms with Crippen LogP contribution in [0.1, 0.15) is 26.5 Å². The molecule has 0 aliphatic carbocycles. The van der Waals surface area contributed by atoms with E-state index in [-0.39, 0.29) is 12.0 Å². The zero-order valence-corrected chi connectivity index (χ0v) is 18.9. The Morgan fingerprint density at radius 2 is 1.66 bits per heavy atom. The van der Waals surface area contributed by atoms with Gasteiger partial charge in [-0.3, -0.25) is 0 Å². The van der Waals surface area contributed by atoms with Gasteiger partial charge in [-0.25, -0.2) is 9.97 Å². The molecule has 0 saturated carbocycles. The van der Waals surface area contributed by atoms with Crippen molar-refractivity contribution in [2.45, 2.75) is 38.0 Å². The number of anilines is 6. The maximum atomic E-state index is 13.0. The number of hydrogen-bond acceptors (Lipinski definition) is 7. The van der Waals surface area contributed by atoms with E-state index in [4.69, 9.17) is 0 Å². The van der Waals surface area contributed by atoms with Crippen molar-refractivity contribution >= 4 is 46.3 Å². The van der Waals surface area contributed by atoms with Crippen molar-refractivity contribution < 1.29 is 13.2 Å². The fourth-order valence-electron chi connectivity index (χ4n) is 3.10. The monoisotopic (exact) mass is 462 g/mol. The number of fused-ring (bicyclic) bond motifs is 1. The fourth-order valence-corrected chi connectivity index (χ4v) is 3.66. The van der Waals surface area contributed by atoms with Crippen molar-refractivity contribution in [2.75, 3.05) is 27.5 Å². The van der Waals surface area contributed by atoms with Crippen molar-refractivity contribution in [3.63, 3.8) is 0 Å². The summed E-state index contributed by atoms with van der Waals surface area (Å²) in [5.41, 5.74) is 1.49. The molecule has 170 valence electrons. The second kappa shape index (κ2) is 9.99. The molecule has 3 heterocycles. The Morgan fingerprint density at radius 1 is 0.906 bits per heavy atom. The van der Waals surface area contributed by atoms with Gasteiger partial charge in [0.05, 0.1) is 17.5 Å². The number of pyridine rings is 2. The summed E-state index contributed by atoms with van der Waals surface area (Å²) in [5, 5.41) is 12.8. The van der Waals surface area contributed by atoms with E-state index >= 15 is 0 Å². The standard InChI is InChI=1S/C20H19F3N6S.C2H6/c1-11-24-18-13(26-12-6-3-4-7-14(12)30-2)10-17(29-19(18)25-11)28-16-9-5-8-15(27-16)20(21,22)23;1-2/h3-11,24H,1-2H3,(H3,25,26,27,28,29);1-2H3. The van der Waals surface area contributed by atoms with E-state index in [0.717, 1.165) is 28.0 Å². The molecule has 1 aromatic carbocycles. The number of aromatic nitrogens is 2. The van der Waals surface area contributed by atoms with Crippen LogP contribution in [0.2, 0.25) is 0 Å². The minimum Gasteiger partial charge on any atom is -0.361 e. The number of halogens is 3. The third kappa shape index (κ3) is 5.37. The molecule has 0 spiro atoms. The number of nitrogens with zero attached hydrogens (tertiary/aromatic N) is 2. The molecule has 4 rings (SSSR count). The van der Waals surface area contributed by atoms with Gasteiger partial charge in [0, 0.05) is 11.0 Å². The van der Waals surface area contributed by atoms with Gasteiger partial charge in [0.2, 0.25) is 0 Å². The predicted octanol–water partition coefficient (Wildman–Crippen LogP) is 6.91. The minimum absolute atomic E-state index is 0.0363. The Bertz CT molecular complexity index is 1070. The van der Waals surface area contributed by atoms with Crippen molar-refractivity contribution in [1.82, 2.24) is 9.97 Å². The van der Waals surface area contributed by atoms with Crippen molar-refractivity contribution in [1.29, 1.82) is 0 Å². The van der Waals surface area contributed by atoms with E-state index in [1.165, 1.54) is 12.1 Å². The SMILES string of the molecule is CC.CSc1ccccc1Nc1cc(Nc2cccc(C(F)(F)F)n2)nc2c1NC(C)N2. The van der Waals surface area contributed by atoms with Gasteiger partial charge in [-0.2, -0.15) is 13.2 Å². The first kappa shape index (κ1) is 23.5. The number of thioether (sulfide) groups is 1. The molecule has 3 aromatic rings. The lowest BCUT2D eigenvalue weighted by Gasteiger charge is -2.15. The fraction of sp³-hybridized carbons (Fsp3) is 0.273. The van der Waals surface area contributed by atoms with Crippen LogP contribution in [-0.4, -0.2) is 22.4 Å². The molecule has 0 amide bonds. The van der Waals surface area contributed by atoms with Crippen molar-refractivity contribution in [3.05, 3.63) is 54.2 Å². The van der Waals surface area contributed by atoms with Crippen LogP contribution in [-0.2, 0) is 6.18 Å². The van der Waals surface area contributed by atoms with Crippen molar-refractivity contribution in [2.24, 2.45) is 0 Å². The van der Waals surface area contributed by atoms with Crippen LogP contribution in [0, 0.1) is 0 Å². The lowest BCUT2D eigenvalue weighted by Crippen LogP contribution is -2.16. The summed E-state index contributed by atoms with van der Waals surface area (Å²) < 4.78 is 38.9. The van der Waals surface area contributed by atoms with Gasteiger partial charge < -0.3 is 21.3 Å². The molecule has 10 heteroatoms. The third-order valence-corrected chi connectivity index (χ3v) is 5.20. The highest BCUT2D eigenvalue weighted by Crippen LogP contribution is 2.40. The average molecular weight is 463 g/mol. The van der Waals surface area contributed by atoms with E-state index in [0.29, 0.717) is 11.6 Å². The number of alkyl halides is 3. The van der Waals surface area contributed by atoms with E-state index < -0.39 is 11.9 Å². The van der Waals surface area contributed by atoms with Crippen LogP contribution in [0.5, 0.6) is 0 Å². The number of rotatable bonds is 5. The van der Waals surface area contributed by atoms with E-state index in [1.807, 2.05) is 51.3 Å². The normalized spacial score (nSPS) is 14.4. The zero-order chi connectivity index (χ0) is 23.3.